The maximum Gasteiger partial charge on any atom is 0.166 e. The molecule has 1 aromatic rings. The third-order valence-corrected chi connectivity index (χ3v) is 1.62. The van der Waals surface area contributed by atoms with Crippen molar-refractivity contribution >= 4 is 12.4 Å². The summed E-state index contributed by atoms with van der Waals surface area (Å²) >= 11 is 0. The summed E-state index contributed by atoms with van der Waals surface area (Å²) in [4.78, 5) is 15.8. The van der Waals surface area contributed by atoms with Gasteiger partial charge >= 0.3 is 0 Å². The van der Waals surface area contributed by atoms with Crippen LogP contribution < -0.4 is 0 Å². The van der Waals surface area contributed by atoms with Crippen molar-refractivity contribution in [2.24, 2.45) is 5.11 Å². The van der Waals surface area contributed by atoms with E-state index in [1.807, 2.05) is 12.2 Å². The van der Waals surface area contributed by atoms with Crippen molar-refractivity contribution < 1.29 is 4.79 Å². The molecule has 0 aliphatic rings. The number of rotatable bonds is 5. The van der Waals surface area contributed by atoms with Gasteiger partial charge < -0.3 is 4.98 Å². The van der Waals surface area contributed by atoms with E-state index < -0.39 is 0 Å². The summed E-state index contributed by atoms with van der Waals surface area (Å²) in [5.74, 6) is 0. The number of H-pyrrole nitrogens is 1. The van der Waals surface area contributed by atoms with Crippen molar-refractivity contribution in [3.05, 3.63) is 40.0 Å². The molecule has 0 amide bonds. The van der Waals surface area contributed by atoms with E-state index in [1.165, 1.54) is 0 Å². The third-order valence-electron chi connectivity index (χ3n) is 1.62. The first-order valence-corrected chi connectivity index (χ1v) is 4.18. The molecule has 0 bridgehead atoms. The minimum atomic E-state index is 0.456. The maximum atomic E-state index is 10.3. The number of hydrogen-bond donors (Lipinski definition) is 1. The number of nitrogens with one attached hydrogen (secondary N) is 1. The van der Waals surface area contributed by atoms with Gasteiger partial charge in [-0.1, -0.05) is 17.3 Å². The molecule has 0 aliphatic heterocycles. The molecule has 5 nitrogen and oxygen atoms in total. The number of carbonyl (C=O) groups is 1. The van der Waals surface area contributed by atoms with Crippen LogP contribution in [0, 0.1) is 0 Å². The fraction of sp³-hybridized carbons (Fsp3) is 0.222. The van der Waals surface area contributed by atoms with Gasteiger partial charge in [-0.25, -0.2) is 0 Å². The molecule has 0 atom stereocenters. The van der Waals surface area contributed by atoms with E-state index in [2.05, 4.69) is 15.0 Å². The van der Waals surface area contributed by atoms with E-state index in [-0.39, 0.29) is 0 Å². The van der Waals surface area contributed by atoms with Gasteiger partial charge in [0.25, 0.3) is 0 Å². The Balaban J connectivity index is 2.43. The Bertz CT molecular complexity index is 374. The van der Waals surface area contributed by atoms with Crippen LogP contribution in [-0.2, 0) is 0 Å². The first-order valence-electron chi connectivity index (χ1n) is 4.18. The van der Waals surface area contributed by atoms with Gasteiger partial charge in [-0.3, -0.25) is 4.79 Å². The van der Waals surface area contributed by atoms with Crippen molar-refractivity contribution in [3.8, 4) is 0 Å². The number of carbonyl (C=O) groups excluding carboxylic acids is 1. The molecule has 0 spiro atoms. The molecule has 1 N–H and O–H groups in total. The summed E-state index contributed by atoms with van der Waals surface area (Å²) in [7, 11) is 0. The highest BCUT2D eigenvalue weighted by Gasteiger charge is 1.92. The second-order valence-electron chi connectivity index (χ2n) is 2.65. The first-order chi connectivity index (χ1) is 6.86. The van der Waals surface area contributed by atoms with E-state index in [0.717, 1.165) is 11.8 Å². The van der Waals surface area contributed by atoms with Crippen LogP contribution in [0.4, 0.5) is 0 Å². The fourth-order valence-electron chi connectivity index (χ4n) is 0.990. The predicted octanol–water partition coefficient (Wildman–Crippen LogP) is 2.54. The average Bonchev–Trinajstić information content (AvgIpc) is 2.65. The predicted molar refractivity (Wildman–Crippen MR) is 53.8 cm³/mol. The molecule has 0 radical (unpaired) electrons. The second-order valence-corrected chi connectivity index (χ2v) is 2.65. The largest absolute Gasteiger partial charge is 0.358 e. The van der Waals surface area contributed by atoms with Crippen LogP contribution in [0.2, 0.25) is 0 Å². The highest BCUT2D eigenvalue weighted by molar-refractivity contribution is 5.73. The topological polar surface area (TPSA) is 81.6 Å². The van der Waals surface area contributed by atoms with Crippen molar-refractivity contribution in [1.82, 2.24) is 4.98 Å². The third kappa shape index (κ3) is 3.16. The molecule has 0 saturated carbocycles. The first kappa shape index (κ1) is 10.1. The fourth-order valence-corrected chi connectivity index (χ4v) is 0.990. The van der Waals surface area contributed by atoms with Gasteiger partial charge in [0.2, 0.25) is 0 Å². The molecule has 5 heteroatoms. The summed E-state index contributed by atoms with van der Waals surface area (Å²) in [6, 6.07) is 1.75. The van der Waals surface area contributed by atoms with E-state index >= 15 is 0 Å². The Morgan fingerprint density at radius 1 is 1.64 bits per heavy atom. The zero-order valence-corrected chi connectivity index (χ0v) is 7.55. The van der Waals surface area contributed by atoms with Gasteiger partial charge in [0, 0.05) is 17.7 Å². The van der Waals surface area contributed by atoms with Gasteiger partial charge in [-0.15, -0.1) is 0 Å². The zero-order chi connectivity index (χ0) is 10.2. The highest BCUT2D eigenvalue weighted by atomic mass is 16.1. The normalized spacial score (nSPS) is 10.0. The smallest absolute Gasteiger partial charge is 0.166 e. The van der Waals surface area contributed by atoms with Gasteiger partial charge in [0.05, 0.1) is 5.69 Å². The van der Waals surface area contributed by atoms with Crippen LogP contribution in [-0.4, -0.2) is 17.8 Å². The Morgan fingerprint density at radius 2 is 2.50 bits per heavy atom. The number of azide groups is 1. The Morgan fingerprint density at radius 3 is 3.14 bits per heavy atom. The summed E-state index contributed by atoms with van der Waals surface area (Å²) in [6.45, 7) is 0.456. The van der Waals surface area contributed by atoms with Crippen LogP contribution in [0.5, 0.6) is 0 Å². The molecule has 0 aromatic carbocycles. The molecule has 72 valence electrons. The van der Waals surface area contributed by atoms with E-state index in [1.54, 1.807) is 12.3 Å². The molecule has 0 fully saturated rings. The standard InChI is InChI=1S/C9H10N4O/c10-13-12-4-2-1-3-8-5-9(7-14)11-6-8/h1,3,5-7,11H,2,4H2. The van der Waals surface area contributed by atoms with E-state index in [4.69, 9.17) is 5.53 Å². The number of hydrogen-bond acceptors (Lipinski definition) is 2. The molecule has 1 aromatic heterocycles. The summed E-state index contributed by atoms with van der Waals surface area (Å²) in [5, 5.41) is 3.39. The monoisotopic (exact) mass is 190 g/mol. The van der Waals surface area contributed by atoms with Crippen LogP contribution in [0.15, 0.2) is 23.5 Å². The molecule has 0 saturated heterocycles. The van der Waals surface area contributed by atoms with Crippen LogP contribution in [0.25, 0.3) is 16.5 Å². The van der Waals surface area contributed by atoms with Gasteiger partial charge in [-0.2, -0.15) is 0 Å². The van der Waals surface area contributed by atoms with Crippen LogP contribution in [0.1, 0.15) is 22.5 Å². The summed E-state index contributed by atoms with van der Waals surface area (Å²) in [5.41, 5.74) is 9.50. The molecular weight excluding hydrogens is 180 g/mol. The lowest BCUT2D eigenvalue weighted by Crippen LogP contribution is -1.73. The molecule has 1 rings (SSSR count). The Hall–Kier alpha value is -2.00. The molecule has 14 heavy (non-hydrogen) atoms. The molecule has 0 aliphatic carbocycles. The van der Waals surface area contributed by atoms with Crippen LogP contribution in [0.3, 0.4) is 0 Å². The Labute approximate surface area is 81.1 Å². The SMILES string of the molecule is [N-]=[N+]=NCCC=Cc1c[nH]c(C=O)c1. The summed E-state index contributed by atoms with van der Waals surface area (Å²) < 4.78 is 0. The lowest BCUT2D eigenvalue weighted by Gasteiger charge is -1.83. The average molecular weight is 190 g/mol. The molecule has 1 heterocycles. The molecule has 0 unspecified atom stereocenters. The van der Waals surface area contributed by atoms with Gasteiger partial charge in [-0.05, 0) is 23.6 Å². The maximum absolute atomic E-state index is 10.3. The number of nitrogens with zero attached hydrogens (tertiary/aromatic N) is 3. The van der Waals surface area contributed by atoms with Crippen molar-refractivity contribution in [2.45, 2.75) is 6.42 Å². The van der Waals surface area contributed by atoms with E-state index in [0.29, 0.717) is 18.7 Å². The lowest BCUT2D eigenvalue weighted by molar-refractivity contribution is 0.111. The summed E-state index contributed by atoms with van der Waals surface area (Å²) in [6.07, 6.45) is 6.97. The highest BCUT2D eigenvalue weighted by Crippen LogP contribution is 2.04. The quantitative estimate of drug-likeness (QED) is 0.250. The minimum Gasteiger partial charge on any atom is -0.358 e. The van der Waals surface area contributed by atoms with Crippen molar-refractivity contribution in [1.29, 1.82) is 0 Å². The van der Waals surface area contributed by atoms with E-state index in [9.17, 15) is 4.79 Å². The number of aromatic nitrogens is 1. The van der Waals surface area contributed by atoms with Crippen LogP contribution >= 0.6 is 0 Å². The van der Waals surface area contributed by atoms with Crippen molar-refractivity contribution in [2.75, 3.05) is 6.54 Å². The second kappa shape index (κ2) is 5.61. The lowest BCUT2D eigenvalue weighted by atomic mass is 10.2. The van der Waals surface area contributed by atoms with Gasteiger partial charge in [0.1, 0.15) is 0 Å². The molecular formula is C9H10N4O. The number of aldehydes is 1. The minimum absolute atomic E-state index is 0.456. The Kier molecular flexibility index (Phi) is 4.04. The zero-order valence-electron chi connectivity index (χ0n) is 7.55. The number of aromatic amines is 1. The van der Waals surface area contributed by atoms with Crippen molar-refractivity contribution in [3.63, 3.8) is 0 Å². The van der Waals surface area contributed by atoms with Gasteiger partial charge in [0.15, 0.2) is 6.29 Å².